The van der Waals surface area contributed by atoms with E-state index in [-0.39, 0.29) is 18.2 Å². The molecular weight excluding hydrogens is 304 g/mol. The zero-order valence-electron chi connectivity index (χ0n) is 13.4. The molecule has 0 aliphatic carbocycles. The van der Waals surface area contributed by atoms with Gasteiger partial charge in [0.15, 0.2) is 0 Å². The number of carbonyl (C=O) groups is 3. The second kappa shape index (κ2) is 6.66. The van der Waals surface area contributed by atoms with Gasteiger partial charge in [-0.1, -0.05) is 60.7 Å². The molecule has 2 aromatic carbocycles. The van der Waals surface area contributed by atoms with E-state index in [9.17, 15) is 14.4 Å². The molecule has 0 aromatic heterocycles. The Balaban J connectivity index is 1.96. The van der Waals surface area contributed by atoms with Gasteiger partial charge in [-0.05, 0) is 18.1 Å². The van der Waals surface area contributed by atoms with E-state index in [0.717, 1.165) is 16.0 Å². The minimum atomic E-state index is -0.696. The van der Waals surface area contributed by atoms with Crippen molar-refractivity contribution < 1.29 is 14.4 Å². The maximum Gasteiger partial charge on any atom is 0.328 e. The summed E-state index contributed by atoms with van der Waals surface area (Å²) in [6.45, 7) is 1.50. The summed E-state index contributed by atoms with van der Waals surface area (Å²) < 4.78 is 0. The van der Waals surface area contributed by atoms with Crippen molar-refractivity contribution in [3.63, 3.8) is 0 Å². The normalized spacial score (nSPS) is 17.5. The molecule has 3 amide bonds. The van der Waals surface area contributed by atoms with Crippen LogP contribution < -0.4 is 0 Å². The first-order chi connectivity index (χ1) is 11.6. The lowest BCUT2D eigenvalue weighted by molar-refractivity contribution is -0.131. The van der Waals surface area contributed by atoms with E-state index >= 15 is 0 Å². The maximum absolute atomic E-state index is 12.8. The van der Waals surface area contributed by atoms with Gasteiger partial charge in [-0.15, -0.1) is 0 Å². The van der Waals surface area contributed by atoms with Crippen molar-refractivity contribution in [3.8, 4) is 0 Å². The highest BCUT2D eigenvalue weighted by atomic mass is 16.2. The van der Waals surface area contributed by atoms with Crippen LogP contribution in [0.5, 0.6) is 0 Å². The number of Topliss-reactive ketones (excluding diaryl/α,β-unsaturated/α-hetero) is 1. The molecule has 1 atom stereocenters. The molecule has 3 rings (SSSR count). The van der Waals surface area contributed by atoms with Gasteiger partial charge in [0.05, 0.1) is 6.54 Å². The third-order valence-corrected chi connectivity index (χ3v) is 3.98. The molecule has 0 saturated carbocycles. The molecule has 0 bridgehead atoms. The third kappa shape index (κ3) is 3.06. The molecule has 1 aliphatic heterocycles. The van der Waals surface area contributed by atoms with Crippen LogP contribution >= 0.6 is 0 Å². The van der Waals surface area contributed by atoms with Crippen LogP contribution in [0.4, 0.5) is 4.79 Å². The predicted octanol–water partition coefficient (Wildman–Crippen LogP) is 2.78. The maximum atomic E-state index is 12.8. The molecular formula is C19H18N2O3. The number of amides is 3. The van der Waals surface area contributed by atoms with Crippen LogP contribution in [-0.2, 0) is 16.1 Å². The molecule has 0 spiro atoms. The fraction of sp³-hybridized carbons (Fsp3) is 0.211. The van der Waals surface area contributed by atoms with Gasteiger partial charge in [-0.3, -0.25) is 14.5 Å². The summed E-state index contributed by atoms with van der Waals surface area (Å²) in [7, 11) is 0. The molecule has 5 heteroatoms. The SMILES string of the molecule is CC(=O)CN1C(=O)[C@@H](c2ccccc2)N(Cc2ccccc2)C1=O. The fourth-order valence-corrected chi connectivity index (χ4v) is 2.91. The monoisotopic (exact) mass is 322 g/mol. The molecule has 122 valence electrons. The van der Waals surface area contributed by atoms with Crippen molar-refractivity contribution in [2.75, 3.05) is 6.54 Å². The van der Waals surface area contributed by atoms with Gasteiger partial charge in [-0.25, -0.2) is 4.79 Å². The van der Waals surface area contributed by atoms with Crippen molar-refractivity contribution in [2.45, 2.75) is 19.5 Å². The number of nitrogens with zero attached hydrogens (tertiary/aromatic N) is 2. The topological polar surface area (TPSA) is 57.7 Å². The number of benzene rings is 2. The zero-order chi connectivity index (χ0) is 17.1. The summed E-state index contributed by atoms with van der Waals surface area (Å²) in [6.07, 6.45) is 0. The quantitative estimate of drug-likeness (QED) is 0.795. The van der Waals surface area contributed by atoms with Gasteiger partial charge in [0, 0.05) is 6.54 Å². The Hall–Kier alpha value is -2.95. The van der Waals surface area contributed by atoms with Gasteiger partial charge in [0.2, 0.25) is 0 Å². The Labute approximate surface area is 140 Å². The molecule has 24 heavy (non-hydrogen) atoms. The molecule has 1 saturated heterocycles. The first-order valence-corrected chi connectivity index (χ1v) is 7.78. The highest BCUT2D eigenvalue weighted by Crippen LogP contribution is 2.32. The largest absolute Gasteiger partial charge is 0.328 e. The van der Waals surface area contributed by atoms with Crippen molar-refractivity contribution in [2.24, 2.45) is 0 Å². The minimum Gasteiger partial charge on any atom is -0.304 e. The Morgan fingerprint density at radius 2 is 1.54 bits per heavy atom. The van der Waals surface area contributed by atoms with Crippen LogP contribution in [0, 0.1) is 0 Å². The number of hydrogen-bond acceptors (Lipinski definition) is 3. The lowest BCUT2D eigenvalue weighted by Crippen LogP contribution is -2.36. The fourth-order valence-electron chi connectivity index (χ4n) is 2.91. The summed E-state index contributed by atoms with van der Waals surface area (Å²) in [5.74, 6) is -0.567. The smallest absolute Gasteiger partial charge is 0.304 e. The van der Waals surface area contributed by atoms with E-state index in [1.165, 1.54) is 11.8 Å². The molecule has 1 heterocycles. The third-order valence-electron chi connectivity index (χ3n) is 3.98. The molecule has 0 unspecified atom stereocenters. The number of ketones is 1. The number of urea groups is 1. The van der Waals surface area contributed by atoms with E-state index in [0.29, 0.717) is 6.54 Å². The molecule has 2 aromatic rings. The van der Waals surface area contributed by atoms with Crippen LogP contribution in [0.3, 0.4) is 0 Å². The molecule has 5 nitrogen and oxygen atoms in total. The Morgan fingerprint density at radius 1 is 0.958 bits per heavy atom. The average Bonchev–Trinajstić information content (AvgIpc) is 2.81. The van der Waals surface area contributed by atoms with E-state index < -0.39 is 12.1 Å². The second-order valence-corrected chi connectivity index (χ2v) is 5.84. The van der Waals surface area contributed by atoms with Crippen molar-refractivity contribution in [3.05, 3.63) is 71.8 Å². The van der Waals surface area contributed by atoms with Gasteiger partial charge < -0.3 is 4.90 Å². The second-order valence-electron chi connectivity index (χ2n) is 5.84. The van der Waals surface area contributed by atoms with Gasteiger partial charge in [-0.2, -0.15) is 0 Å². The Bertz CT molecular complexity index is 759. The van der Waals surface area contributed by atoms with Crippen LogP contribution in [0.2, 0.25) is 0 Å². The Morgan fingerprint density at radius 3 is 2.12 bits per heavy atom. The zero-order valence-corrected chi connectivity index (χ0v) is 13.4. The first kappa shape index (κ1) is 15.9. The highest BCUT2D eigenvalue weighted by molar-refractivity contribution is 6.06. The van der Waals surface area contributed by atoms with Gasteiger partial charge in [0.25, 0.3) is 5.91 Å². The number of hydrogen-bond donors (Lipinski definition) is 0. The molecule has 0 N–H and O–H groups in total. The van der Waals surface area contributed by atoms with Crippen molar-refractivity contribution in [1.29, 1.82) is 0 Å². The summed E-state index contributed by atoms with van der Waals surface area (Å²) in [4.78, 5) is 39.5. The highest BCUT2D eigenvalue weighted by Gasteiger charge is 2.45. The Kier molecular flexibility index (Phi) is 4.42. The van der Waals surface area contributed by atoms with E-state index in [4.69, 9.17) is 0 Å². The summed E-state index contributed by atoms with van der Waals surface area (Å²) in [6, 6.07) is 17.6. The summed E-state index contributed by atoms with van der Waals surface area (Å²) in [5, 5.41) is 0. The van der Waals surface area contributed by atoms with Gasteiger partial charge in [0.1, 0.15) is 11.8 Å². The van der Waals surface area contributed by atoms with Crippen LogP contribution in [0.25, 0.3) is 0 Å². The average molecular weight is 322 g/mol. The summed E-state index contributed by atoms with van der Waals surface area (Å²) in [5.41, 5.74) is 1.68. The van der Waals surface area contributed by atoms with E-state index in [1.807, 2.05) is 60.7 Å². The van der Waals surface area contributed by atoms with Crippen LogP contribution in [-0.4, -0.2) is 34.1 Å². The van der Waals surface area contributed by atoms with E-state index in [1.54, 1.807) is 0 Å². The number of imide groups is 1. The molecule has 0 radical (unpaired) electrons. The van der Waals surface area contributed by atoms with E-state index in [2.05, 4.69) is 0 Å². The first-order valence-electron chi connectivity index (χ1n) is 7.78. The van der Waals surface area contributed by atoms with Crippen LogP contribution in [0.1, 0.15) is 24.1 Å². The summed E-state index contributed by atoms with van der Waals surface area (Å²) >= 11 is 0. The molecule has 1 aliphatic rings. The lowest BCUT2D eigenvalue weighted by atomic mass is 10.1. The van der Waals surface area contributed by atoms with Gasteiger partial charge >= 0.3 is 6.03 Å². The van der Waals surface area contributed by atoms with Crippen LogP contribution in [0.15, 0.2) is 60.7 Å². The minimum absolute atomic E-state index is 0.188. The lowest BCUT2D eigenvalue weighted by Gasteiger charge is -2.22. The molecule has 1 fully saturated rings. The van der Waals surface area contributed by atoms with Crippen molar-refractivity contribution in [1.82, 2.24) is 9.80 Å². The predicted molar refractivity (Wildman–Crippen MR) is 89.0 cm³/mol. The number of rotatable bonds is 5. The number of carbonyl (C=O) groups excluding carboxylic acids is 3. The standard InChI is InChI=1S/C19H18N2O3/c1-14(22)12-21-18(23)17(16-10-6-3-7-11-16)20(19(21)24)13-15-8-4-2-5-9-15/h2-11,17H,12-13H2,1H3/t17-/m1/s1. The van der Waals surface area contributed by atoms with Crippen molar-refractivity contribution >= 4 is 17.7 Å².